The molecule has 0 spiro atoms. The fraction of sp³-hybridized carbons (Fsp3) is 0.261. The molecule has 2 heterocycles. The normalized spacial score (nSPS) is 19.1. The summed E-state index contributed by atoms with van der Waals surface area (Å²) in [5.74, 6) is -0.349. The molecule has 1 aliphatic heterocycles. The molecule has 0 saturated carbocycles. The Bertz CT molecular complexity index is 1180. The summed E-state index contributed by atoms with van der Waals surface area (Å²) < 4.78 is 5.32. The molecule has 1 aromatic heterocycles. The Kier molecular flexibility index (Phi) is 4.49. The summed E-state index contributed by atoms with van der Waals surface area (Å²) in [6.45, 7) is 5.67. The van der Waals surface area contributed by atoms with Gasteiger partial charge in [0.25, 0.3) is 5.91 Å². The van der Waals surface area contributed by atoms with E-state index in [9.17, 15) is 14.4 Å². The molecule has 1 saturated heterocycles. The summed E-state index contributed by atoms with van der Waals surface area (Å²) in [6, 6.07) is 14.0. The van der Waals surface area contributed by atoms with Crippen LogP contribution in [0.15, 0.2) is 57.7 Å². The maximum atomic E-state index is 13.2. The lowest BCUT2D eigenvalue weighted by molar-refractivity contribution is -0.131. The first-order valence-corrected chi connectivity index (χ1v) is 9.59. The number of rotatable bonds is 4. The molecule has 3 aromatic rings. The molecule has 2 aromatic carbocycles. The van der Waals surface area contributed by atoms with Crippen LogP contribution in [0.4, 0.5) is 4.79 Å². The SMILES string of the molecule is CCc1ccc2c(CN3C(=O)N[C@@](C)(c4ccc(C)cc4)C3=O)cc(=O)oc2c1. The summed E-state index contributed by atoms with van der Waals surface area (Å²) in [4.78, 5) is 39.1. The van der Waals surface area contributed by atoms with Gasteiger partial charge in [0.2, 0.25) is 0 Å². The van der Waals surface area contributed by atoms with Gasteiger partial charge in [-0.2, -0.15) is 0 Å². The van der Waals surface area contributed by atoms with E-state index in [0.29, 0.717) is 22.1 Å². The maximum Gasteiger partial charge on any atom is 0.336 e. The summed E-state index contributed by atoms with van der Waals surface area (Å²) in [5, 5.41) is 3.52. The third-order valence-electron chi connectivity index (χ3n) is 5.54. The molecule has 1 atom stereocenters. The fourth-order valence-corrected chi connectivity index (χ4v) is 3.72. The lowest BCUT2D eigenvalue weighted by Crippen LogP contribution is -2.40. The first kappa shape index (κ1) is 18.9. The van der Waals surface area contributed by atoms with Crippen molar-refractivity contribution < 1.29 is 14.0 Å². The standard InChI is InChI=1S/C23H22N2O4/c1-4-15-7-10-18-16(12-20(26)29-19(18)11-15)13-25-21(27)23(3,24-22(25)28)17-8-5-14(2)6-9-17/h5-12H,4,13H2,1-3H3,(H,24,28)/t23-/m0/s1. The smallest absolute Gasteiger partial charge is 0.336 e. The summed E-state index contributed by atoms with van der Waals surface area (Å²) in [7, 11) is 0. The van der Waals surface area contributed by atoms with Crippen LogP contribution in [0.3, 0.4) is 0 Å². The van der Waals surface area contributed by atoms with Gasteiger partial charge in [-0.1, -0.05) is 48.9 Å². The van der Waals surface area contributed by atoms with Gasteiger partial charge in [-0.15, -0.1) is 0 Å². The van der Waals surface area contributed by atoms with E-state index in [0.717, 1.165) is 22.4 Å². The van der Waals surface area contributed by atoms with Gasteiger partial charge < -0.3 is 9.73 Å². The third kappa shape index (κ3) is 3.20. The Morgan fingerprint density at radius 1 is 1.03 bits per heavy atom. The minimum absolute atomic E-state index is 0.000308. The van der Waals surface area contributed by atoms with E-state index < -0.39 is 17.2 Å². The second-order valence-electron chi connectivity index (χ2n) is 7.59. The summed E-state index contributed by atoms with van der Waals surface area (Å²) in [6.07, 6.45) is 0.811. The Hall–Kier alpha value is -3.41. The molecule has 29 heavy (non-hydrogen) atoms. The number of fused-ring (bicyclic) bond motifs is 1. The van der Waals surface area contributed by atoms with Crippen LogP contribution in [0.25, 0.3) is 11.0 Å². The van der Waals surface area contributed by atoms with Gasteiger partial charge in [-0.3, -0.25) is 9.69 Å². The number of carbonyl (C=O) groups is 2. The molecule has 0 aliphatic carbocycles. The van der Waals surface area contributed by atoms with Crippen molar-refractivity contribution in [2.24, 2.45) is 0 Å². The minimum atomic E-state index is -1.14. The minimum Gasteiger partial charge on any atom is -0.423 e. The molecular weight excluding hydrogens is 368 g/mol. The second-order valence-corrected chi connectivity index (χ2v) is 7.59. The van der Waals surface area contributed by atoms with E-state index in [2.05, 4.69) is 5.32 Å². The van der Waals surface area contributed by atoms with Gasteiger partial charge >= 0.3 is 11.7 Å². The van der Waals surface area contributed by atoms with Crippen LogP contribution in [0.1, 0.15) is 36.1 Å². The molecule has 0 bridgehead atoms. The molecule has 6 heteroatoms. The number of urea groups is 1. The Morgan fingerprint density at radius 3 is 2.45 bits per heavy atom. The molecule has 0 radical (unpaired) electrons. The average molecular weight is 390 g/mol. The Balaban J connectivity index is 1.71. The number of aryl methyl sites for hydroxylation is 2. The molecule has 6 nitrogen and oxygen atoms in total. The van der Waals surface area contributed by atoms with E-state index in [1.807, 2.05) is 56.3 Å². The number of hydrogen-bond donors (Lipinski definition) is 1. The second kappa shape index (κ2) is 6.88. The highest BCUT2D eigenvalue weighted by Crippen LogP contribution is 2.31. The number of imide groups is 1. The van der Waals surface area contributed by atoms with E-state index in [4.69, 9.17) is 4.42 Å². The van der Waals surface area contributed by atoms with Crippen LogP contribution in [-0.2, 0) is 23.3 Å². The first-order valence-electron chi connectivity index (χ1n) is 9.59. The lowest BCUT2D eigenvalue weighted by atomic mass is 9.91. The third-order valence-corrected chi connectivity index (χ3v) is 5.54. The van der Waals surface area contributed by atoms with Crippen molar-refractivity contribution in [3.05, 3.63) is 81.2 Å². The Labute approximate surface area is 168 Å². The quantitative estimate of drug-likeness (QED) is 0.545. The lowest BCUT2D eigenvalue weighted by Gasteiger charge is -2.22. The van der Waals surface area contributed by atoms with Crippen molar-refractivity contribution in [3.8, 4) is 0 Å². The first-order chi connectivity index (χ1) is 13.8. The van der Waals surface area contributed by atoms with Crippen LogP contribution < -0.4 is 10.9 Å². The highest BCUT2D eigenvalue weighted by molar-refractivity contribution is 6.07. The predicted octanol–water partition coefficient (Wildman–Crippen LogP) is 3.63. The van der Waals surface area contributed by atoms with Crippen LogP contribution >= 0.6 is 0 Å². The van der Waals surface area contributed by atoms with Crippen LogP contribution in [0.2, 0.25) is 0 Å². The van der Waals surface area contributed by atoms with Crippen molar-refractivity contribution >= 4 is 22.9 Å². The van der Waals surface area contributed by atoms with E-state index in [1.54, 1.807) is 6.92 Å². The predicted molar refractivity (Wildman–Crippen MR) is 109 cm³/mol. The number of nitrogens with one attached hydrogen (secondary N) is 1. The maximum absolute atomic E-state index is 13.2. The highest BCUT2D eigenvalue weighted by Gasteiger charge is 2.48. The van der Waals surface area contributed by atoms with Crippen LogP contribution in [0.5, 0.6) is 0 Å². The van der Waals surface area contributed by atoms with Gasteiger partial charge in [0.15, 0.2) is 0 Å². The number of carbonyl (C=O) groups excluding carboxylic acids is 2. The number of benzene rings is 2. The zero-order valence-electron chi connectivity index (χ0n) is 16.6. The number of hydrogen-bond acceptors (Lipinski definition) is 4. The Morgan fingerprint density at radius 2 is 1.76 bits per heavy atom. The average Bonchev–Trinajstić information content (AvgIpc) is 2.91. The molecule has 4 rings (SSSR count). The molecule has 1 fully saturated rings. The molecular formula is C23H22N2O4. The molecule has 1 aliphatic rings. The number of amides is 3. The topological polar surface area (TPSA) is 79.6 Å². The monoisotopic (exact) mass is 390 g/mol. The van der Waals surface area contributed by atoms with Gasteiger partial charge in [-0.05, 0) is 43.0 Å². The van der Waals surface area contributed by atoms with Gasteiger partial charge in [0, 0.05) is 11.5 Å². The molecule has 0 unspecified atom stereocenters. The van der Waals surface area contributed by atoms with E-state index in [-0.39, 0.29) is 12.5 Å². The molecule has 1 N–H and O–H groups in total. The van der Waals surface area contributed by atoms with Crippen molar-refractivity contribution in [3.63, 3.8) is 0 Å². The highest BCUT2D eigenvalue weighted by atomic mass is 16.4. The van der Waals surface area contributed by atoms with Crippen molar-refractivity contribution in [2.45, 2.75) is 39.3 Å². The van der Waals surface area contributed by atoms with Crippen molar-refractivity contribution in [1.29, 1.82) is 0 Å². The van der Waals surface area contributed by atoms with Crippen LogP contribution in [0, 0.1) is 6.92 Å². The van der Waals surface area contributed by atoms with E-state index >= 15 is 0 Å². The van der Waals surface area contributed by atoms with Gasteiger partial charge in [0.05, 0.1) is 6.54 Å². The summed E-state index contributed by atoms with van der Waals surface area (Å²) in [5.41, 5.74) is 2.22. The number of nitrogens with zero attached hydrogens (tertiary/aromatic N) is 1. The molecule has 148 valence electrons. The van der Waals surface area contributed by atoms with Crippen LogP contribution in [-0.4, -0.2) is 16.8 Å². The van der Waals surface area contributed by atoms with E-state index in [1.165, 1.54) is 6.07 Å². The van der Waals surface area contributed by atoms with Gasteiger partial charge in [-0.25, -0.2) is 9.59 Å². The zero-order chi connectivity index (χ0) is 20.8. The largest absolute Gasteiger partial charge is 0.423 e. The fourth-order valence-electron chi connectivity index (χ4n) is 3.72. The zero-order valence-corrected chi connectivity index (χ0v) is 16.6. The van der Waals surface area contributed by atoms with Crippen molar-refractivity contribution in [1.82, 2.24) is 10.2 Å². The van der Waals surface area contributed by atoms with Gasteiger partial charge in [0.1, 0.15) is 11.1 Å². The van der Waals surface area contributed by atoms with Crippen molar-refractivity contribution in [2.75, 3.05) is 0 Å². The molecule has 3 amide bonds. The summed E-state index contributed by atoms with van der Waals surface area (Å²) >= 11 is 0.